The Balaban J connectivity index is 2.38. The SMILES string of the molecule is CN(c1cccc(C(N)=S)c1)c1cc(C(F)(F)F)ccn1. The number of aromatic nitrogens is 1. The molecule has 0 aliphatic rings. The molecule has 3 nitrogen and oxygen atoms in total. The molecule has 2 N–H and O–H groups in total. The molecule has 0 bridgehead atoms. The first-order valence-corrected chi connectivity index (χ1v) is 6.36. The molecule has 0 atom stereocenters. The van der Waals surface area contributed by atoms with E-state index in [0.717, 1.165) is 18.3 Å². The van der Waals surface area contributed by atoms with E-state index in [-0.39, 0.29) is 10.8 Å². The maximum absolute atomic E-state index is 12.7. The molecule has 7 heteroatoms. The number of pyridine rings is 1. The van der Waals surface area contributed by atoms with E-state index in [2.05, 4.69) is 4.98 Å². The molecular formula is C14H12F3N3S. The molecule has 0 amide bonds. The lowest BCUT2D eigenvalue weighted by Crippen LogP contribution is -2.15. The second-order valence-corrected chi connectivity index (χ2v) is 4.81. The van der Waals surface area contributed by atoms with Crippen molar-refractivity contribution >= 4 is 28.7 Å². The summed E-state index contributed by atoms with van der Waals surface area (Å²) in [5, 5.41) is 0. The topological polar surface area (TPSA) is 42.1 Å². The zero-order valence-electron chi connectivity index (χ0n) is 11.1. The first-order valence-electron chi connectivity index (χ1n) is 5.96. The maximum Gasteiger partial charge on any atom is 0.416 e. The highest BCUT2D eigenvalue weighted by Gasteiger charge is 2.31. The lowest BCUT2D eigenvalue weighted by molar-refractivity contribution is -0.137. The van der Waals surface area contributed by atoms with Crippen molar-refractivity contribution in [1.29, 1.82) is 0 Å². The van der Waals surface area contributed by atoms with Gasteiger partial charge in [0.1, 0.15) is 10.8 Å². The van der Waals surface area contributed by atoms with E-state index in [1.54, 1.807) is 31.3 Å². The standard InChI is InChI=1S/C14H12F3N3S/c1-20(11-4-2-3-9(7-11)13(18)21)12-8-10(5-6-19-12)14(15,16)17/h2-8H,1H3,(H2,18,21). The Kier molecular flexibility index (Phi) is 4.13. The van der Waals surface area contributed by atoms with Crippen molar-refractivity contribution < 1.29 is 13.2 Å². The lowest BCUT2D eigenvalue weighted by Gasteiger charge is -2.20. The monoisotopic (exact) mass is 311 g/mol. The zero-order valence-corrected chi connectivity index (χ0v) is 11.9. The molecule has 0 saturated heterocycles. The molecule has 0 aliphatic carbocycles. The van der Waals surface area contributed by atoms with Gasteiger partial charge in [-0.3, -0.25) is 0 Å². The summed E-state index contributed by atoms with van der Waals surface area (Å²) in [6, 6.07) is 8.83. The maximum atomic E-state index is 12.7. The summed E-state index contributed by atoms with van der Waals surface area (Å²) in [6.45, 7) is 0. The van der Waals surface area contributed by atoms with Crippen LogP contribution in [0.3, 0.4) is 0 Å². The summed E-state index contributed by atoms with van der Waals surface area (Å²) >= 11 is 4.89. The molecule has 1 aromatic carbocycles. The van der Waals surface area contributed by atoms with Gasteiger partial charge in [-0.1, -0.05) is 24.4 Å². The average Bonchev–Trinajstić information content (AvgIpc) is 2.46. The van der Waals surface area contributed by atoms with Crippen LogP contribution in [-0.2, 0) is 6.18 Å². The number of anilines is 2. The Bertz CT molecular complexity index is 671. The predicted octanol–water partition coefficient (Wildman–Crippen LogP) is 3.50. The van der Waals surface area contributed by atoms with Gasteiger partial charge in [0.25, 0.3) is 0 Å². The van der Waals surface area contributed by atoms with Crippen molar-refractivity contribution in [1.82, 2.24) is 4.98 Å². The smallest absolute Gasteiger partial charge is 0.389 e. The van der Waals surface area contributed by atoms with Gasteiger partial charge in [0.15, 0.2) is 0 Å². The van der Waals surface area contributed by atoms with E-state index in [4.69, 9.17) is 18.0 Å². The van der Waals surface area contributed by atoms with Gasteiger partial charge in [0, 0.05) is 24.5 Å². The molecule has 0 aliphatic heterocycles. The van der Waals surface area contributed by atoms with E-state index in [1.165, 1.54) is 4.90 Å². The van der Waals surface area contributed by atoms with Crippen molar-refractivity contribution in [2.45, 2.75) is 6.18 Å². The van der Waals surface area contributed by atoms with Crippen LogP contribution in [0.25, 0.3) is 0 Å². The van der Waals surface area contributed by atoms with Crippen LogP contribution < -0.4 is 10.6 Å². The van der Waals surface area contributed by atoms with Gasteiger partial charge in [0.05, 0.1) is 5.56 Å². The predicted molar refractivity (Wildman–Crippen MR) is 79.6 cm³/mol. The van der Waals surface area contributed by atoms with Gasteiger partial charge >= 0.3 is 6.18 Å². The number of thiocarbonyl (C=S) groups is 1. The van der Waals surface area contributed by atoms with Crippen molar-refractivity contribution in [3.05, 3.63) is 53.7 Å². The van der Waals surface area contributed by atoms with E-state index in [9.17, 15) is 13.2 Å². The van der Waals surface area contributed by atoms with Crippen LogP contribution in [0.1, 0.15) is 11.1 Å². The van der Waals surface area contributed by atoms with E-state index in [1.807, 2.05) is 0 Å². The molecule has 110 valence electrons. The summed E-state index contributed by atoms with van der Waals surface area (Å²) in [7, 11) is 1.63. The van der Waals surface area contributed by atoms with Crippen molar-refractivity contribution in [2.75, 3.05) is 11.9 Å². The Morgan fingerprint density at radius 1 is 1.24 bits per heavy atom. The molecule has 0 radical (unpaired) electrons. The van der Waals surface area contributed by atoms with Gasteiger partial charge < -0.3 is 10.6 Å². The largest absolute Gasteiger partial charge is 0.416 e. The molecule has 0 saturated carbocycles. The van der Waals surface area contributed by atoms with Crippen LogP contribution in [0.15, 0.2) is 42.6 Å². The fourth-order valence-corrected chi connectivity index (χ4v) is 1.91. The number of nitrogens with zero attached hydrogens (tertiary/aromatic N) is 2. The minimum Gasteiger partial charge on any atom is -0.389 e. The molecule has 2 rings (SSSR count). The van der Waals surface area contributed by atoms with Crippen LogP contribution in [0, 0.1) is 0 Å². The molecular weight excluding hydrogens is 299 g/mol. The third kappa shape index (κ3) is 3.49. The van der Waals surface area contributed by atoms with Gasteiger partial charge in [-0.15, -0.1) is 0 Å². The van der Waals surface area contributed by atoms with Crippen molar-refractivity contribution in [3.63, 3.8) is 0 Å². The molecule has 1 aromatic heterocycles. The number of hydrogen-bond acceptors (Lipinski definition) is 3. The van der Waals surface area contributed by atoms with Gasteiger partial charge in [0.2, 0.25) is 0 Å². The van der Waals surface area contributed by atoms with E-state index < -0.39 is 11.7 Å². The summed E-state index contributed by atoms with van der Waals surface area (Å²) < 4.78 is 38.2. The third-order valence-corrected chi connectivity index (χ3v) is 3.17. The van der Waals surface area contributed by atoms with Crippen LogP contribution in [0.2, 0.25) is 0 Å². The lowest BCUT2D eigenvalue weighted by atomic mass is 10.2. The number of rotatable bonds is 3. The molecule has 0 spiro atoms. The second kappa shape index (κ2) is 5.69. The Morgan fingerprint density at radius 3 is 2.57 bits per heavy atom. The quantitative estimate of drug-likeness (QED) is 0.881. The van der Waals surface area contributed by atoms with Crippen molar-refractivity contribution in [2.24, 2.45) is 5.73 Å². The average molecular weight is 311 g/mol. The summed E-state index contributed by atoms with van der Waals surface area (Å²) in [5.74, 6) is 0.185. The van der Waals surface area contributed by atoms with Crippen molar-refractivity contribution in [3.8, 4) is 0 Å². The Labute approximate surface area is 125 Å². The minimum atomic E-state index is -4.40. The molecule has 0 fully saturated rings. The first-order chi connectivity index (χ1) is 9.79. The molecule has 21 heavy (non-hydrogen) atoms. The summed E-state index contributed by atoms with van der Waals surface area (Å²) in [4.78, 5) is 5.73. The van der Waals surface area contributed by atoms with Gasteiger partial charge in [-0.25, -0.2) is 4.98 Å². The third-order valence-electron chi connectivity index (χ3n) is 2.93. The van der Waals surface area contributed by atoms with Crippen LogP contribution >= 0.6 is 12.2 Å². The summed E-state index contributed by atoms with van der Waals surface area (Å²) in [5.41, 5.74) is 6.09. The minimum absolute atomic E-state index is 0.185. The highest BCUT2D eigenvalue weighted by molar-refractivity contribution is 7.80. The Hall–Kier alpha value is -2.15. The molecule has 2 aromatic rings. The Morgan fingerprint density at radius 2 is 1.95 bits per heavy atom. The van der Waals surface area contributed by atoms with Gasteiger partial charge in [-0.05, 0) is 24.3 Å². The van der Waals surface area contributed by atoms with Gasteiger partial charge in [-0.2, -0.15) is 13.2 Å². The fourth-order valence-electron chi connectivity index (χ4n) is 1.78. The van der Waals surface area contributed by atoms with E-state index >= 15 is 0 Å². The fraction of sp³-hybridized carbons (Fsp3) is 0.143. The van der Waals surface area contributed by atoms with Crippen LogP contribution in [0.4, 0.5) is 24.7 Å². The normalized spacial score (nSPS) is 11.2. The van der Waals surface area contributed by atoms with Crippen LogP contribution in [0.5, 0.6) is 0 Å². The highest BCUT2D eigenvalue weighted by atomic mass is 32.1. The zero-order chi connectivity index (χ0) is 15.6. The number of nitrogens with two attached hydrogens (primary N) is 1. The molecule has 0 unspecified atom stereocenters. The van der Waals surface area contributed by atoms with Crippen LogP contribution in [-0.4, -0.2) is 17.0 Å². The first kappa shape index (κ1) is 15.2. The number of alkyl halides is 3. The number of benzene rings is 1. The summed E-state index contributed by atoms with van der Waals surface area (Å²) in [6.07, 6.45) is -3.27. The molecule has 1 heterocycles. The highest BCUT2D eigenvalue weighted by Crippen LogP contribution is 2.32. The number of halogens is 3. The van der Waals surface area contributed by atoms with E-state index in [0.29, 0.717) is 11.3 Å². The second-order valence-electron chi connectivity index (χ2n) is 4.37. The number of hydrogen-bond donors (Lipinski definition) is 1.